The molecule has 4 aromatic rings. The fourth-order valence-electron chi connectivity index (χ4n) is 3.09. The molecular formula is C16H18N6O5. The van der Waals surface area contributed by atoms with Gasteiger partial charge in [-0.3, -0.25) is 0 Å². The number of hydrogen-bond acceptors (Lipinski definition) is 9. The molecule has 0 bridgehead atoms. The Kier molecular flexibility index (Phi) is 4.25. The fourth-order valence-corrected chi connectivity index (χ4v) is 3.09. The van der Waals surface area contributed by atoms with Crippen molar-refractivity contribution in [2.75, 3.05) is 6.61 Å². The van der Waals surface area contributed by atoms with Crippen LogP contribution in [0.4, 0.5) is 0 Å². The summed E-state index contributed by atoms with van der Waals surface area (Å²) in [6.07, 6.45) is -6.93. The van der Waals surface area contributed by atoms with Crippen molar-refractivity contribution >= 4 is 27.8 Å². The van der Waals surface area contributed by atoms with Crippen LogP contribution in [0.25, 0.3) is 27.8 Å². The predicted molar refractivity (Wildman–Crippen MR) is 92.6 cm³/mol. The van der Waals surface area contributed by atoms with Crippen LogP contribution in [0.5, 0.6) is 0 Å². The average molecular weight is 374 g/mol. The van der Waals surface area contributed by atoms with Crippen LogP contribution in [0.1, 0.15) is 11.9 Å². The summed E-state index contributed by atoms with van der Waals surface area (Å²) in [4.78, 5) is 4.42. The summed E-state index contributed by atoms with van der Waals surface area (Å²) in [6.45, 7) is -0.776. The van der Waals surface area contributed by atoms with E-state index in [0.29, 0.717) is 11.2 Å². The molecule has 4 rings (SSSR count). The zero-order chi connectivity index (χ0) is 19.3. The lowest BCUT2D eigenvalue weighted by Gasteiger charge is -2.24. The first-order valence-corrected chi connectivity index (χ1v) is 8.23. The van der Waals surface area contributed by atoms with Crippen molar-refractivity contribution in [3.05, 3.63) is 30.1 Å². The molecule has 0 spiro atoms. The second kappa shape index (κ2) is 6.48. The van der Waals surface area contributed by atoms with Crippen LogP contribution in [0.2, 0.25) is 0 Å². The lowest BCUT2D eigenvalue weighted by atomic mass is 10.0. The van der Waals surface area contributed by atoms with Crippen molar-refractivity contribution in [3.8, 4) is 0 Å². The third-order valence-corrected chi connectivity index (χ3v) is 4.62. The van der Waals surface area contributed by atoms with Gasteiger partial charge in [-0.05, 0) is 6.07 Å². The van der Waals surface area contributed by atoms with Crippen LogP contribution in [0.3, 0.4) is 0 Å². The summed E-state index contributed by atoms with van der Waals surface area (Å²) in [6, 6.07) is 7.57. The van der Waals surface area contributed by atoms with Gasteiger partial charge in [-0.1, -0.05) is 18.2 Å². The van der Waals surface area contributed by atoms with Crippen LogP contribution in [-0.4, -0.2) is 79.8 Å². The quantitative estimate of drug-likeness (QED) is 0.273. The maximum Gasteiger partial charge on any atom is 0.274 e. The Balaban J connectivity index is 1.85. The van der Waals surface area contributed by atoms with Gasteiger partial charge in [0, 0.05) is 12.4 Å². The summed E-state index contributed by atoms with van der Waals surface area (Å²) in [5, 5.41) is 61.7. The molecule has 0 unspecified atom stereocenters. The number of aromatic nitrogens is 6. The highest BCUT2D eigenvalue weighted by Gasteiger charge is 2.34. The van der Waals surface area contributed by atoms with Gasteiger partial charge in [-0.25, -0.2) is 0 Å². The number of rotatable bonds is 5. The molecule has 0 aliphatic carbocycles. The fraction of sp³-hybridized carbons (Fsp3) is 0.375. The standard InChI is InChI=1S/C16H18N6O5/c1-21-8-5-3-2-4-7(8)10-14(21)17-16-19-18-15(22(16)20-10)13(27)12(26)11(25)9(24)6-23/h2-5,9,11-13,23-27H,6H2,1H3/t9-,11-,12-,13-/m1/s1. The molecule has 11 nitrogen and oxygen atoms in total. The van der Waals surface area contributed by atoms with Crippen LogP contribution in [0.15, 0.2) is 24.3 Å². The first-order chi connectivity index (χ1) is 12.9. The largest absolute Gasteiger partial charge is 0.394 e. The minimum Gasteiger partial charge on any atom is -0.394 e. The van der Waals surface area contributed by atoms with E-state index in [9.17, 15) is 20.4 Å². The van der Waals surface area contributed by atoms with Gasteiger partial charge in [-0.2, -0.15) is 14.6 Å². The normalized spacial score (nSPS) is 16.8. The Bertz CT molecular complexity index is 1120. The van der Waals surface area contributed by atoms with Gasteiger partial charge in [0.05, 0.1) is 12.1 Å². The molecule has 142 valence electrons. The van der Waals surface area contributed by atoms with Crippen LogP contribution in [-0.2, 0) is 7.05 Å². The monoisotopic (exact) mass is 374 g/mol. The lowest BCUT2D eigenvalue weighted by molar-refractivity contribution is -0.118. The van der Waals surface area contributed by atoms with E-state index in [1.165, 1.54) is 4.52 Å². The van der Waals surface area contributed by atoms with Crippen LogP contribution < -0.4 is 0 Å². The SMILES string of the molecule is Cn1c2ccccc2c2nn3c([C@H](O)[C@H](O)[C@H](O)[C@H](O)CO)nnc3nc21. The molecule has 5 N–H and O–H groups in total. The van der Waals surface area contributed by atoms with E-state index in [0.717, 1.165) is 10.9 Å². The van der Waals surface area contributed by atoms with Gasteiger partial charge in [0.15, 0.2) is 11.5 Å². The Morgan fingerprint density at radius 2 is 1.78 bits per heavy atom. The molecule has 11 heteroatoms. The number of nitrogens with zero attached hydrogens (tertiary/aromatic N) is 6. The first kappa shape index (κ1) is 17.7. The topological polar surface area (TPSA) is 162 Å². The van der Waals surface area contributed by atoms with Crippen molar-refractivity contribution in [1.82, 2.24) is 29.4 Å². The van der Waals surface area contributed by atoms with Gasteiger partial charge in [0.2, 0.25) is 0 Å². The van der Waals surface area contributed by atoms with Crippen molar-refractivity contribution < 1.29 is 25.5 Å². The molecule has 1 aromatic carbocycles. The number of fused-ring (bicyclic) bond motifs is 4. The number of benzene rings is 1. The molecular weight excluding hydrogens is 356 g/mol. The van der Waals surface area contributed by atoms with Crippen molar-refractivity contribution in [1.29, 1.82) is 0 Å². The summed E-state index contributed by atoms with van der Waals surface area (Å²) in [5.41, 5.74) is 2.05. The molecule has 0 saturated carbocycles. The molecule has 0 radical (unpaired) electrons. The van der Waals surface area contributed by atoms with Gasteiger partial charge >= 0.3 is 0 Å². The summed E-state index contributed by atoms with van der Waals surface area (Å²) in [5.74, 6) is -0.0455. The van der Waals surface area contributed by atoms with E-state index in [1.807, 2.05) is 35.9 Å². The number of hydrogen-bond donors (Lipinski definition) is 5. The zero-order valence-electron chi connectivity index (χ0n) is 14.2. The second-order valence-electron chi connectivity index (χ2n) is 6.31. The Hall–Kier alpha value is -2.70. The molecule has 3 aromatic heterocycles. The third-order valence-electron chi connectivity index (χ3n) is 4.62. The van der Waals surface area contributed by atoms with E-state index in [4.69, 9.17) is 5.11 Å². The van der Waals surface area contributed by atoms with Gasteiger partial charge in [0.1, 0.15) is 29.9 Å². The van der Waals surface area contributed by atoms with Gasteiger partial charge in [0.25, 0.3) is 5.78 Å². The Labute approximate surface area is 151 Å². The van der Waals surface area contributed by atoms with E-state index in [2.05, 4.69) is 20.3 Å². The lowest BCUT2D eigenvalue weighted by Crippen LogP contribution is -2.43. The number of para-hydroxylation sites is 1. The summed E-state index contributed by atoms with van der Waals surface area (Å²) in [7, 11) is 1.85. The molecule has 4 atom stereocenters. The van der Waals surface area contributed by atoms with E-state index < -0.39 is 31.0 Å². The number of aryl methyl sites for hydroxylation is 1. The smallest absolute Gasteiger partial charge is 0.274 e. The van der Waals surface area contributed by atoms with Gasteiger partial charge < -0.3 is 30.1 Å². The maximum atomic E-state index is 10.4. The van der Waals surface area contributed by atoms with Crippen molar-refractivity contribution in [3.63, 3.8) is 0 Å². The molecule has 3 heterocycles. The molecule has 0 aliphatic heterocycles. The van der Waals surface area contributed by atoms with E-state index in [-0.39, 0.29) is 11.6 Å². The van der Waals surface area contributed by atoms with Crippen molar-refractivity contribution in [2.45, 2.75) is 24.4 Å². The Morgan fingerprint density at radius 1 is 1.04 bits per heavy atom. The first-order valence-electron chi connectivity index (χ1n) is 8.23. The summed E-state index contributed by atoms with van der Waals surface area (Å²) >= 11 is 0. The molecule has 27 heavy (non-hydrogen) atoms. The van der Waals surface area contributed by atoms with Gasteiger partial charge in [-0.15, -0.1) is 10.2 Å². The van der Waals surface area contributed by atoms with Crippen LogP contribution >= 0.6 is 0 Å². The maximum absolute atomic E-state index is 10.4. The highest BCUT2D eigenvalue weighted by Crippen LogP contribution is 2.26. The molecule has 0 aliphatic rings. The molecule has 0 saturated heterocycles. The number of aliphatic hydroxyl groups is 5. The highest BCUT2D eigenvalue weighted by atomic mass is 16.4. The molecule has 0 amide bonds. The average Bonchev–Trinajstić information content (AvgIpc) is 3.23. The number of aliphatic hydroxyl groups excluding tert-OH is 5. The second-order valence-corrected chi connectivity index (χ2v) is 6.31. The minimum atomic E-state index is -1.82. The van der Waals surface area contributed by atoms with Crippen LogP contribution in [0, 0.1) is 0 Å². The van der Waals surface area contributed by atoms with Crippen molar-refractivity contribution in [2.24, 2.45) is 7.05 Å². The predicted octanol–water partition coefficient (Wildman–Crippen LogP) is -1.73. The minimum absolute atomic E-state index is 0.104. The Morgan fingerprint density at radius 3 is 2.52 bits per heavy atom. The van der Waals surface area contributed by atoms with E-state index >= 15 is 0 Å². The third kappa shape index (κ3) is 2.64. The summed E-state index contributed by atoms with van der Waals surface area (Å²) < 4.78 is 3.04. The highest BCUT2D eigenvalue weighted by molar-refractivity contribution is 6.04. The van der Waals surface area contributed by atoms with E-state index in [1.54, 1.807) is 0 Å². The molecule has 0 fully saturated rings. The zero-order valence-corrected chi connectivity index (χ0v) is 14.2.